The first kappa shape index (κ1) is 13.0. The molecule has 4 heteroatoms. The summed E-state index contributed by atoms with van der Waals surface area (Å²) in [7, 11) is 0. The van der Waals surface area contributed by atoms with E-state index < -0.39 is 0 Å². The van der Waals surface area contributed by atoms with Gasteiger partial charge in [0, 0.05) is 24.7 Å². The first-order valence-corrected chi connectivity index (χ1v) is 6.08. The van der Waals surface area contributed by atoms with Crippen molar-refractivity contribution in [2.75, 3.05) is 12.3 Å². The molecule has 0 aliphatic rings. The molecule has 3 N–H and O–H groups in total. The van der Waals surface area contributed by atoms with Crippen LogP contribution in [0, 0.1) is 0 Å². The van der Waals surface area contributed by atoms with Crippen LogP contribution < -0.4 is 11.1 Å². The molecule has 0 saturated heterocycles. The zero-order chi connectivity index (χ0) is 13.5. The summed E-state index contributed by atoms with van der Waals surface area (Å²) in [6, 6.07) is 11.1. The average Bonchev–Trinajstić information content (AvgIpc) is 2.90. The predicted octanol–water partition coefficient (Wildman–Crippen LogP) is 2.23. The van der Waals surface area contributed by atoms with Gasteiger partial charge in [-0.25, -0.2) is 0 Å². The lowest BCUT2D eigenvalue weighted by molar-refractivity contribution is -0.116. The van der Waals surface area contributed by atoms with E-state index in [0.717, 1.165) is 11.3 Å². The van der Waals surface area contributed by atoms with E-state index in [9.17, 15) is 4.79 Å². The summed E-state index contributed by atoms with van der Waals surface area (Å²) in [5.74, 6) is 0.731. The monoisotopic (exact) mass is 256 g/mol. The van der Waals surface area contributed by atoms with Gasteiger partial charge in [0.2, 0.25) is 5.91 Å². The highest BCUT2D eigenvalue weighted by Crippen LogP contribution is 2.07. The van der Waals surface area contributed by atoms with Gasteiger partial charge < -0.3 is 15.5 Å². The van der Waals surface area contributed by atoms with Gasteiger partial charge in [0.05, 0.1) is 6.26 Å². The van der Waals surface area contributed by atoms with Crippen molar-refractivity contribution >= 4 is 17.7 Å². The van der Waals surface area contributed by atoms with Crippen molar-refractivity contribution in [1.82, 2.24) is 5.32 Å². The van der Waals surface area contributed by atoms with Crippen LogP contribution in [-0.4, -0.2) is 12.5 Å². The summed E-state index contributed by atoms with van der Waals surface area (Å²) < 4.78 is 5.17. The Morgan fingerprint density at radius 2 is 2.21 bits per heavy atom. The number of carbonyl (C=O) groups is 1. The van der Waals surface area contributed by atoms with E-state index in [1.807, 2.05) is 30.3 Å². The number of rotatable bonds is 5. The van der Waals surface area contributed by atoms with Crippen LogP contribution in [0.4, 0.5) is 5.69 Å². The smallest absolute Gasteiger partial charge is 0.244 e. The second-order valence-corrected chi connectivity index (χ2v) is 4.12. The van der Waals surface area contributed by atoms with Gasteiger partial charge in [-0.15, -0.1) is 0 Å². The van der Waals surface area contributed by atoms with Crippen molar-refractivity contribution in [3.8, 4) is 0 Å². The van der Waals surface area contributed by atoms with Crippen molar-refractivity contribution < 1.29 is 9.21 Å². The third kappa shape index (κ3) is 4.35. The lowest BCUT2D eigenvalue weighted by Crippen LogP contribution is -2.23. The summed E-state index contributed by atoms with van der Waals surface area (Å²) in [6.45, 7) is 0.549. The zero-order valence-electron chi connectivity index (χ0n) is 10.5. The Balaban J connectivity index is 1.78. The fourth-order valence-electron chi connectivity index (χ4n) is 1.66. The van der Waals surface area contributed by atoms with Crippen LogP contribution >= 0.6 is 0 Å². The second kappa shape index (κ2) is 6.44. The van der Waals surface area contributed by atoms with Crippen LogP contribution in [0.1, 0.15) is 11.3 Å². The minimum absolute atomic E-state index is 0.131. The van der Waals surface area contributed by atoms with Crippen LogP contribution in [0.5, 0.6) is 0 Å². The molecule has 4 nitrogen and oxygen atoms in total. The zero-order valence-corrected chi connectivity index (χ0v) is 10.5. The number of benzene rings is 1. The number of hydrogen-bond acceptors (Lipinski definition) is 3. The molecule has 98 valence electrons. The molecule has 0 unspecified atom stereocenters. The molecule has 0 fully saturated rings. The van der Waals surface area contributed by atoms with Crippen LogP contribution in [0.15, 0.2) is 53.2 Å². The maximum absolute atomic E-state index is 11.6. The number of nitrogens with one attached hydrogen (secondary N) is 1. The standard InChI is InChI=1S/C15H16N2O2/c16-13-4-1-3-12(11-13)6-7-15(18)17-9-8-14-5-2-10-19-14/h1-7,10-11H,8-9,16H2,(H,17,18)/b7-6+. The molecule has 0 aliphatic carbocycles. The average molecular weight is 256 g/mol. The Morgan fingerprint density at radius 1 is 1.32 bits per heavy atom. The number of nitrogen functional groups attached to an aromatic ring is 1. The Hall–Kier alpha value is -2.49. The molecular weight excluding hydrogens is 240 g/mol. The van der Waals surface area contributed by atoms with E-state index in [4.69, 9.17) is 10.2 Å². The minimum atomic E-state index is -0.131. The molecule has 0 radical (unpaired) electrons. The number of hydrogen-bond donors (Lipinski definition) is 2. The first-order chi connectivity index (χ1) is 9.24. The fraction of sp³-hybridized carbons (Fsp3) is 0.133. The molecule has 0 saturated carbocycles. The summed E-state index contributed by atoms with van der Waals surface area (Å²) in [5.41, 5.74) is 7.24. The normalized spacial score (nSPS) is 10.7. The van der Waals surface area contributed by atoms with E-state index >= 15 is 0 Å². The summed E-state index contributed by atoms with van der Waals surface area (Å²) in [5, 5.41) is 2.79. The molecule has 0 aliphatic heterocycles. The quantitative estimate of drug-likeness (QED) is 0.636. The molecular formula is C15H16N2O2. The third-order valence-electron chi connectivity index (χ3n) is 2.59. The van der Waals surface area contributed by atoms with Crippen molar-refractivity contribution in [2.45, 2.75) is 6.42 Å². The van der Waals surface area contributed by atoms with Crippen LogP contribution in [0.25, 0.3) is 6.08 Å². The fourth-order valence-corrected chi connectivity index (χ4v) is 1.66. The highest BCUT2D eigenvalue weighted by atomic mass is 16.3. The summed E-state index contributed by atoms with van der Waals surface area (Å²) >= 11 is 0. The molecule has 0 atom stereocenters. The molecule has 2 aromatic rings. The van der Waals surface area contributed by atoms with E-state index in [0.29, 0.717) is 18.7 Å². The number of nitrogens with two attached hydrogens (primary N) is 1. The van der Waals surface area contributed by atoms with Crippen LogP contribution in [0.2, 0.25) is 0 Å². The van der Waals surface area contributed by atoms with Crippen molar-refractivity contribution in [3.05, 3.63) is 60.1 Å². The first-order valence-electron chi connectivity index (χ1n) is 6.08. The van der Waals surface area contributed by atoms with Gasteiger partial charge in [0.15, 0.2) is 0 Å². The highest BCUT2D eigenvalue weighted by Gasteiger charge is 1.98. The SMILES string of the molecule is Nc1cccc(/C=C/C(=O)NCCc2ccco2)c1. The Kier molecular flexibility index (Phi) is 4.39. The predicted molar refractivity (Wildman–Crippen MR) is 75.3 cm³/mol. The second-order valence-electron chi connectivity index (χ2n) is 4.12. The van der Waals surface area contributed by atoms with Gasteiger partial charge in [-0.1, -0.05) is 12.1 Å². The number of anilines is 1. The molecule has 19 heavy (non-hydrogen) atoms. The van der Waals surface area contributed by atoms with Gasteiger partial charge in [-0.05, 0) is 35.9 Å². The van der Waals surface area contributed by atoms with Gasteiger partial charge in [-0.3, -0.25) is 4.79 Å². The van der Waals surface area contributed by atoms with Gasteiger partial charge in [0.25, 0.3) is 0 Å². The van der Waals surface area contributed by atoms with E-state index in [-0.39, 0.29) is 5.91 Å². The summed E-state index contributed by atoms with van der Waals surface area (Å²) in [6.07, 6.45) is 5.54. The Labute approximate surface area is 111 Å². The lowest BCUT2D eigenvalue weighted by Gasteiger charge is -2.00. The van der Waals surface area contributed by atoms with Crippen LogP contribution in [0.3, 0.4) is 0 Å². The van der Waals surface area contributed by atoms with Gasteiger partial charge >= 0.3 is 0 Å². The molecule has 1 heterocycles. The topological polar surface area (TPSA) is 68.3 Å². The van der Waals surface area contributed by atoms with Crippen LogP contribution in [-0.2, 0) is 11.2 Å². The Morgan fingerprint density at radius 3 is 2.95 bits per heavy atom. The molecule has 2 rings (SSSR count). The third-order valence-corrected chi connectivity index (χ3v) is 2.59. The van der Waals surface area contributed by atoms with Crippen molar-refractivity contribution in [2.24, 2.45) is 0 Å². The number of furan rings is 1. The van der Waals surface area contributed by atoms with Gasteiger partial charge in [-0.2, -0.15) is 0 Å². The lowest BCUT2D eigenvalue weighted by atomic mass is 10.2. The minimum Gasteiger partial charge on any atom is -0.469 e. The van der Waals surface area contributed by atoms with E-state index in [1.165, 1.54) is 6.08 Å². The van der Waals surface area contributed by atoms with Crippen molar-refractivity contribution in [1.29, 1.82) is 0 Å². The molecule has 1 aromatic carbocycles. The largest absolute Gasteiger partial charge is 0.469 e. The van der Waals surface area contributed by atoms with Crippen molar-refractivity contribution in [3.63, 3.8) is 0 Å². The highest BCUT2D eigenvalue weighted by molar-refractivity contribution is 5.91. The van der Waals surface area contributed by atoms with E-state index in [1.54, 1.807) is 18.4 Å². The maximum atomic E-state index is 11.6. The molecule has 0 spiro atoms. The van der Waals surface area contributed by atoms with Gasteiger partial charge in [0.1, 0.15) is 5.76 Å². The number of carbonyl (C=O) groups excluding carboxylic acids is 1. The molecule has 1 amide bonds. The maximum Gasteiger partial charge on any atom is 0.244 e. The number of amides is 1. The molecule has 1 aromatic heterocycles. The van der Waals surface area contributed by atoms with E-state index in [2.05, 4.69) is 5.32 Å². The Bertz CT molecular complexity index is 559. The molecule has 0 bridgehead atoms. The summed E-state index contributed by atoms with van der Waals surface area (Å²) in [4.78, 5) is 11.6.